The van der Waals surface area contributed by atoms with E-state index in [1.807, 2.05) is 6.92 Å². The molecule has 0 unspecified atom stereocenters. The lowest BCUT2D eigenvalue weighted by Crippen LogP contribution is -2.41. The first-order valence-electron chi connectivity index (χ1n) is 8.28. The molecule has 24 heavy (non-hydrogen) atoms. The number of nitrogens with one attached hydrogen (secondary N) is 1. The van der Waals surface area contributed by atoms with Crippen LogP contribution in [0.3, 0.4) is 0 Å². The molecule has 5 nitrogen and oxygen atoms in total. The Morgan fingerprint density at radius 2 is 1.96 bits per heavy atom. The molecule has 0 heterocycles. The van der Waals surface area contributed by atoms with E-state index in [2.05, 4.69) is 5.32 Å². The Hall–Kier alpha value is -1.27. The summed E-state index contributed by atoms with van der Waals surface area (Å²) in [4.78, 5) is 12.2. The monoisotopic (exact) mass is 372 g/mol. The first kappa shape index (κ1) is 19.1. The summed E-state index contributed by atoms with van der Waals surface area (Å²) in [5, 5.41) is 3.35. The molecule has 1 N–H and O–H groups in total. The summed E-state index contributed by atoms with van der Waals surface area (Å²) in [7, 11) is -3.57. The number of hydrogen-bond acceptors (Lipinski definition) is 3. The molecule has 0 aromatic heterocycles. The van der Waals surface area contributed by atoms with Crippen molar-refractivity contribution in [2.45, 2.75) is 39.0 Å². The highest BCUT2D eigenvalue weighted by atomic mass is 35.5. The molecule has 1 aromatic carbocycles. The number of carbonyl (C=O) groups is 1. The van der Waals surface area contributed by atoms with Gasteiger partial charge in [0.1, 0.15) is 6.54 Å². The van der Waals surface area contributed by atoms with Gasteiger partial charge in [-0.15, -0.1) is 0 Å². The zero-order valence-electron chi connectivity index (χ0n) is 14.2. The third kappa shape index (κ3) is 5.38. The second-order valence-electron chi connectivity index (χ2n) is 6.51. The third-order valence-electron chi connectivity index (χ3n) is 4.44. The summed E-state index contributed by atoms with van der Waals surface area (Å²) in [6.07, 6.45) is 7.03. The highest BCUT2D eigenvalue weighted by Crippen LogP contribution is 2.25. The Morgan fingerprint density at radius 1 is 1.29 bits per heavy atom. The molecule has 1 aromatic rings. The van der Waals surface area contributed by atoms with Crippen molar-refractivity contribution < 1.29 is 13.2 Å². The number of sulfonamides is 1. The van der Waals surface area contributed by atoms with Gasteiger partial charge in [0.25, 0.3) is 0 Å². The fourth-order valence-electron chi connectivity index (χ4n) is 2.97. The summed E-state index contributed by atoms with van der Waals surface area (Å²) in [6.45, 7) is 2.23. The second-order valence-corrected chi connectivity index (χ2v) is 8.83. The number of amides is 1. The number of carbonyl (C=O) groups excluding carboxylic acids is 1. The normalized spacial score (nSPS) is 16.0. The van der Waals surface area contributed by atoms with Crippen molar-refractivity contribution in [2.24, 2.45) is 5.92 Å². The SMILES string of the molecule is Cc1ccc(N(CC(=O)NCC2CCCCC2)S(C)(=O)=O)cc1Cl. The summed E-state index contributed by atoms with van der Waals surface area (Å²) in [6, 6.07) is 4.98. The van der Waals surface area contributed by atoms with Crippen molar-refractivity contribution in [3.63, 3.8) is 0 Å². The molecule has 0 radical (unpaired) electrons. The van der Waals surface area contributed by atoms with Crippen molar-refractivity contribution in [3.8, 4) is 0 Å². The molecular formula is C17H25ClN2O3S. The van der Waals surface area contributed by atoms with Crippen molar-refractivity contribution in [1.29, 1.82) is 0 Å². The molecule has 0 spiro atoms. The number of benzene rings is 1. The minimum Gasteiger partial charge on any atom is -0.354 e. The maximum atomic E-state index is 12.2. The summed E-state index contributed by atoms with van der Waals surface area (Å²) >= 11 is 6.09. The Bertz CT molecular complexity index is 685. The number of aryl methyl sites for hydroxylation is 1. The quantitative estimate of drug-likeness (QED) is 0.834. The molecule has 1 amide bonds. The lowest BCUT2D eigenvalue weighted by atomic mass is 9.89. The van der Waals surface area contributed by atoms with Crippen LogP contribution in [0.2, 0.25) is 5.02 Å². The standard InChI is InChI=1S/C17H25ClN2O3S/c1-13-8-9-15(10-16(13)18)20(24(2,22)23)12-17(21)19-11-14-6-4-3-5-7-14/h8-10,14H,3-7,11-12H2,1-2H3,(H,19,21). The number of rotatable bonds is 6. The molecular weight excluding hydrogens is 348 g/mol. The third-order valence-corrected chi connectivity index (χ3v) is 5.99. The highest BCUT2D eigenvalue weighted by molar-refractivity contribution is 7.92. The molecule has 1 fully saturated rings. The fourth-order valence-corrected chi connectivity index (χ4v) is 4.00. The smallest absolute Gasteiger partial charge is 0.240 e. The predicted octanol–water partition coefficient (Wildman–Crippen LogP) is 3.11. The van der Waals surface area contributed by atoms with Crippen molar-refractivity contribution in [3.05, 3.63) is 28.8 Å². The van der Waals surface area contributed by atoms with E-state index in [1.165, 1.54) is 19.3 Å². The average molecular weight is 373 g/mol. The van der Waals surface area contributed by atoms with Gasteiger partial charge in [0.15, 0.2) is 0 Å². The van der Waals surface area contributed by atoms with Crippen LogP contribution in [0.25, 0.3) is 0 Å². The van der Waals surface area contributed by atoms with Crippen LogP contribution in [0.5, 0.6) is 0 Å². The first-order chi connectivity index (χ1) is 11.3. The van der Waals surface area contributed by atoms with Crippen LogP contribution < -0.4 is 9.62 Å². The van der Waals surface area contributed by atoms with E-state index in [0.29, 0.717) is 23.2 Å². The van der Waals surface area contributed by atoms with Crippen molar-refractivity contribution in [2.75, 3.05) is 23.7 Å². The Balaban J connectivity index is 2.03. The average Bonchev–Trinajstić information content (AvgIpc) is 2.53. The second kappa shape index (κ2) is 8.21. The molecule has 2 rings (SSSR count). The molecule has 0 bridgehead atoms. The van der Waals surface area contributed by atoms with Gasteiger partial charge in [0.2, 0.25) is 15.9 Å². The van der Waals surface area contributed by atoms with Crippen molar-refractivity contribution in [1.82, 2.24) is 5.32 Å². The van der Waals surface area contributed by atoms with Gasteiger partial charge in [0.05, 0.1) is 11.9 Å². The van der Waals surface area contributed by atoms with Crippen LogP contribution in [-0.2, 0) is 14.8 Å². The van der Waals surface area contributed by atoms with Crippen LogP contribution in [0.4, 0.5) is 5.69 Å². The first-order valence-corrected chi connectivity index (χ1v) is 10.5. The Morgan fingerprint density at radius 3 is 2.54 bits per heavy atom. The van der Waals surface area contributed by atoms with Gasteiger partial charge < -0.3 is 5.32 Å². The highest BCUT2D eigenvalue weighted by Gasteiger charge is 2.22. The van der Waals surface area contributed by atoms with Gasteiger partial charge in [-0.05, 0) is 43.4 Å². The molecule has 0 saturated heterocycles. The molecule has 1 aliphatic carbocycles. The summed E-state index contributed by atoms with van der Waals surface area (Å²) < 4.78 is 25.2. The van der Waals surface area contributed by atoms with E-state index in [-0.39, 0.29) is 12.5 Å². The van der Waals surface area contributed by atoms with Gasteiger partial charge in [0, 0.05) is 11.6 Å². The van der Waals surface area contributed by atoms with E-state index < -0.39 is 10.0 Å². The number of anilines is 1. The van der Waals surface area contributed by atoms with Gasteiger partial charge in [-0.2, -0.15) is 0 Å². The van der Waals surface area contributed by atoms with Gasteiger partial charge in [-0.3, -0.25) is 9.10 Å². The van der Waals surface area contributed by atoms with Gasteiger partial charge >= 0.3 is 0 Å². The van der Waals surface area contributed by atoms with Gasteiger partial charge in [-0.1, -0.05) is 36.9 Å². The topological polar surface area (TPSA) is 66.5 Å². The fraction of sp³-hybridized carbons (Fsp3) is 0.588. The molecule has 1 aliphatic rings. The largest absolute Gasteiger partial charge is 0.354 e. The van der Waals surface area contributed by atoms with E-state index >= 15 is 0 Å². The maximum Gasteiger partial charge on any atom is 0.240 e. The number of halogens is 1. The molecule has 0 aliphatic heterocycles. The van der Waals surface area contributed by atoms with Crippen LogP contribution >= 0.6 is 11.6 Å². The lowest BCUT2D eigenvalue weighted by molar-refractivity contribution is -0.119. The minimum atomic E-state index is -3.57. The van der Waals surface area contributed by atoms with Crippen molar-refractivity contribution >= 4 is 33.2 Å². The van der Waals surface area contributed by atoms with Crippen LogP contribution in [0.1, 0.15) is 37.7 Å². The van der Waals surface area contributed by atoms with Crippen LogP contribution in [0.15, 0.2) is 18.2 Å². The molecule has 0 atom stereocenters. The lowest BCUT2D eigenvalue weighted by Gasteiger charge is -2.24. The van der Waals surface area contributed by atoms with E-state index in [9.17, 15) is 13.2 Å². The van der Waals surface area contributed by atoms with E-state index in [0.717, 1.165) is 29.0 Å². The molecule has 134 valence electrons. The van der Waals surface area contributed by atoms with E-state index in [1.54, 1.807) is 18.2 Å². The predicted molar refractivity (Wildman–Crippen MR) is 98.0 cm³/mol. The van der Waals surface area contributed by atoms with E-state index in [4.69, 9.17) is 11.6 Å². The van der Waals surface area contributed by atoms with Crippen LogP contribution in [-0.4, -0.2) is 33.7 Å². The Labute approximate surface area is 149 Å². The zero-order chi connectivity index (χ0) is 17.7. The summed E-state index contributed by atoms with van der Waals surface area (Å²) in [5.74, 6) is 0.214. The zero-order valence-corrected chi connectivity index (χ0v) is 15.8. The number of nitrogens with zero attached hydrogens (tertiary/aromatic N) is 1. The van der Waals surface area contributed by atoms with Gasteiger partial charge in [-0.25, -0.2) is 8.42 Å². The minimum absolute atomic E-state index is 0.231. The maximum absolute atomic E-state index is 12.2. The molecule has 1 saturated carbocycles. The Kier molecular flexibility index (Phi) is 6.52. The molecule has 7 heteroatoms. The summed E-state index contributed by atoms with van der Waals surface area (Å²) in [5.41, 5.74) is 1.26. The van der Waals surface area contributed by atoms with Crippen LogP contribution in [0, 0.1) is 12.8 Å². The number of hydrogen-bond donors (Lipinski definition) is 1.